The van der Waals surface area contributed by atoms with Crippen molar-refractivity contribution < 1.29 is 29.3 Å². The second-order valence-corrected chi connectivity index (χ2v) is 10.2. The SMILES string of the molecule is CCOc1cc2c(cc1C(=O)NC)C(=N)N(CC(=O)c1cc(C(CC)C(=O)O)c(O)c(C(C)(C)C)c1)C2. The van der Waals surface area contributed by atoms with Crippen molar-refractivity contribution in [2.24, 2.45) is 0 Å². The van der Waals surface area contributed by atoms with Crippen molar-refractivity contribution in [1.29, 1.82) is 5.41 Å². The summed E-state index contributed by atoms with van der Waals surface area (Å²) in [5.74, 6) is -2.24. The number of rotatable bonds is 9. The van der Waals surface area contributed by atoms with E-state index in [0.29, 0.717) is 29.0 Å². The number of phenols is 1. The highest BCUT2D eigenvalue weighted by Gasteiger charge is 2.32. The maximum absolute atomic E-state index is 13.5. The van der Waals surface area contributed by atoms with Crippen molar-refractivity contribution in [3.8, 4) is 11.5 Å². The standard InChI is InChI=1S/C28H35N3O6/c1-7-17(27(35)36)19-9-15(10-21(24(19)33)28(3,4)5)22(32)14-31-13-16-11-23(37-8-2)20(26(34)30-6)12-18(16)25(31)29/h9-12,17,29,33H,7-8,13-14H2,1-6H3,(H,30,34)(H,35,36). The number of aliphatic carboxylic acids is 1. The van der Waals surface area contributed by atoms with Crippen LogP contribution in [0.15, 0.2) is 24.3 Å². The van der Waals surface area contributed by atoms with Crippen LogP contribution in [0, 0.1) is 5.41 Å². The molecule has 0 saturated carbocycles. The molecule has 198 valence electrons. The third kappa shape index (κ3) is 5.45. The van der Waals surface area contributed by atoms with Gasteiger partial charge in [-0.25, -0.2) is 0 Å². The molecular weight excluding hydrogens is 474 g/mol. The zero-order valence-electron chi connectivity index (χ0n) is 22.2. The van der Waals surface area contributed by atoms with Gasteiger partial charge in [-0.15, -0.1) is 0 Å². The minimum absolute atomic E-state index is 0.107. The Morgan fingerprint density at radius 1 is 1.16 bits per heavy atom. The van der Waals surface area contributed by atoms with Gasteiger partial charge in [0.1, 0.15) is 17.3 Å². The van der Waals surface area contributed by atoms with Gasteiger partial charge in [-0.05, 0) is 48.6 Å². The van der Waals surface area contributed by atoms with E-state index in [9.17, 15) is 24.6 Å². The first-order valence-corrected chi connectivity index (χ1v) is 12.3. The van der Waals surface area contributed by atoms with Crippen molar-refractivity contribution in [3.05, 3.63) is 57.6 Å². The van der Waals surface area contributed by atoms with Crippen LogP contribution in [0.5, 0.6) is 11.5 Å². The minimum Gasteiger partial charge on any atom is -0.507 e. The highest BCUT2D eigenvalue weighted by Crippen LogP contribution is 2.39. The smallest absolute Gasteiger partial charge is 0.311 e. The zero-order valence-corrected chi connectivity index (χ0v) is 22.2. The molecule has 1 atom stereocenters. The molecule has 1 unspecified atom stereocenters. The number of benzene rings is 2. The largest absolute Gasteiger partial charge is 0.507 e. The van der Waals surface area contributed by atoms with E-state index < -0.39 is 17.3 Å². The number of carbonyl (C=O) groups excluding carboxylic acids is 2. The van der Waals surface area contributed by atoms with E-state index >= 15 is 0 Å². The topological polar surface area (TPSA) is 140 Å². The molecule has 0 spiro atoms. The summed E-state index contributed by atoms with van der Waals surface area (Å²) in [6, 6.07) is 6.41. The van der Waals surface area contributed by atoms with E-state index in [1.807, 2.05) is 27.7 Å². The van der Waals surface area contributed by atoms with Gasteiger partial charge in [0.2, 0.25) is 0 Å². The summed E-state index contributed by atoms with van der Waals surface area (Å²) in [7, 11) is 1.52. The number of fused-ring (bicyclic) bond motifs is 1. The summed E-state index contributed by atoms with van der Waals surface area (Å²) in [6.07, 6.45) is 0.256. The lowest BCUT2D eigenvalue weighted by Gasteiger charge is -2.25. The lowest BCUT2D eigenvalue weighted by Crippen LogP contribution is -2.30. The van der Waals surface area contributed by atoms with Gasteiger partial charge in [0.25, 0.3) is 5.91 Å². The molecule has 9 heteroatoms. The van der Waals surface area contributed by atoms with Crippen LogP contribution in [-0.2, 0) is 16.8 Å². The number of amidine groups is 1. The van der Waals surface area contributed by atoms with Gasteiger partial charge >= 0.3 is 5.97 Å². The highest BCUT2D eigenvalue weighted by molar-refractivity contribution is 6.07. The highest BCUT2D eigenvalue weighted by atomic mass is 16.5. The van der Waals surface area contributed by atoms with Crippen LogP contribution in [-0.4, -0.2) is 58.8 Å². The van der Waals surface area contributed by atoms with Crippen LogP contribution in [0.25, 0.3) is 0 Å². The number of nitrogens with zero attached hydrogens (tertiary/aromatic N) is 1. The van der Waals surface area contributed by atoms with E-state index in [1.54, 1.807) is 30.0 Å². The van der Waals surface area contributed by atoms with Crippen molar-refractivity contribution in [3.63, 3.8) is 0 Å². The van der Waals surface area contributed by atoms with Crippen LogP contribution in [0.2, 0.25) is 0 Å². The molecule has 0 fully saturated rings. The Bertz CT molecular complexity index is 1260. The number of hydrogen-bond donors (Lipinski definition) is 4. The van der Waals surface area contributed by atoms with Crippen molar-refractivity contribution in [2.45, 2.75) is 58.9 Å². The first-order chi connectivity index (χ1) is 17.3. The number of aromatic hydroxyl groups is 1. The molecule has 9 nitrogen and oxygen atoms in total. The van der Waals surface area contributed by atoms with E-state index in [-0.39, 0.29) is 53.9 Å². The van der Waals surface area contributed by atoms with E-state index in [1.165, 1.54) is 13.1 Å². The third-order valence-corrected chi connectivity index (χ3v) is 6.60. The van der Waals surface area contributed by atoms with Gasteiger partial charge < -0.3 is 25.2 Å². The van der Waals surface area contributed by atoms with Gasteiger partial charge in [0, 0.05) is 35.8 Å². The number of carbonyl (C=O) groups is 3. The summed E-state index contributed by atoms with van der Waals surface area (Å²) >= 11 is 0. The summed E-state index contributed by atoms with van der Waals surface area (Å²) < 4.78 is 5.64. The second kappa shape index (κ2) is 10.6. The predicted molar refractivity (Wildman–Crippen MR) is 140 cm³/mol. The Labute approximate surface area is 217 Å². The molecule has 3 rings (SSSR count). The number of amides is 1. The van der Waals surface area contributed by atoms with Gasteiger partial charge in [0.05, 0.1) is 24.6 Å². The average molecular weight is 510 g/mol. The second-order valence-electron chi connectivity index (χ2n) is 10.2. The molecule has 1 heterocycles. The first kappa shape index (κ1) is 27.7. The molecule has 4 N–H and O–H groups in total. The number of carboxylic acids is 1. The number of nitrogens with one attached hydrogen (secondary N) is 2. The fourth-order valence-corrected chi connectivity index (χ4v) is 4.60. The number of hydrogen-bond acceptors (Lipinski definition) is 6. The summed E-state index contributed by atoms with van der Waals surface area (Å²) in [4.78, 5) is 39.3. The number of ketones is 1. The fraction of sp³-hybridized carbons (Fsp3) is 0.429. The number of ether oxygens (including phenoxy) is 1. The maximum atomic E-state index is 13.5. The predicted octanol–water partition coefficient (Wildman–Crippen LogP) is 4.05. The monoisotopic (exact) mass is 509 g/mol. The van der Waals surface area contributed by atoms with E-state index in [2.05, 4.69) is 5.32 Å². The molecule has 1 amide bonds. The van der Waals surface area contributed by atoms with Crippen molar-refractivity contribution >= 4 is 23.5 Å². The molecule has 0 bridgehead atoms. The average Bonchev–Trinajstić information content (AvgIpc) is 3.12. The van der Waals surface area contributed by atoms with Crippen LogP contribution >= 0.6 is 0 Å². The maximum Gasteiger partial charge on any atom is 0.311 e. The van der Waals surface area contributed by atoms with Crippen molar-refractivity contribution in [2.75, 3.05) is 20.2 Å². The lowest BCUT2D eigenvalue weighted by molar-refractivity contribution is -0.138. The molecule has 37 heavy (non-hydrogen) atoms. The number of phenolic OH excluding ortho intramolecular Hbond substituents is 1. The minimum atomic E-state index is -1.07. The molecule has 0 aliphatic carbocycles. The molecule has 2 aromatic rings. The molecule has 2 aromatic carbocycles. The molecule has 0 saturated heterocycles. The molecule has 1 aliphatic rings. The van der Waals surface area contributed by atoms with E-state index in [0.717, 1.165) is 5.56 Å². The molecule has 0 radical (unpaired) electrons. The summed E-state index contributed by atoms with van der Waals surface area (Å²) in [5.41, 5.74) is 2.09. The third-order valence-electron chi connectivity index (χ3n) is 6.60. The number of Topliss-reactive ketones (excluding diaryl/α,β-unsaturated/α-hetero) is 1. The first-order valence-electron chi connectivity index (χ1n) is 12.3. The quantitative estimate of drug-likeness (QED) is 0.374. The Kier molecular flexibility index (Phi) is 7.95. The number of carboxylic acid groups (broad SMARTS) is 1. The van der Waals surface area contributed by atoms with Crippen LogP contribution in [0.4, 0.5) is 0 Å². The zero-order chi connectivity index (χ0) is 27.7. The van der Waals surface area contributed by atoms with Gasteiger partial charge in [0.15, 0.2) is 5.78 Å². The van der Waals surface area contributed by atoms with Gasteiger partial charge in [-0.1, -0.05) is 27.7 Å². The molecular formula is C28H35N3O6. The Hall–Kier alpha value is -3.88. The lowest BCUT2D eigenvalue weighted by atomic mass is 9.81. The Morgan fingerprint density at radius 2 is 1.84 bits per heavy atom. The van der Waals surface area contributed by atoms with Gasteiger partial charge in [-0.2, -0.15) is 0 Å². The van der Waals surface area contributed by atoms with Crippen LogP contribution in [0.1, 0.15) is 89.9 Å². The Balaban J connectivity index is 1.98. The normalized spacial score (nSPS) is 13.8. The summed E-state index contributed by atoms with van der Waals surface area (Å²) in [5, 5.41) is 31.9. The fourth-order valence-electron chi connectivity index (χ4n) is 4.60. The van der Waals surface area contributed by atoms with Crippen LogP contribution in [0.3, 0.4) is 0 Å². The van der Waals surface area contributed by atoms with Crippen LogP contribution < -0.4 is 10.1 Å². The van der Waals surface area contributed by atoms with E-state index in [4.69, 9.17) is 10.1 Å². The Morgan fingerprint density at radius 3 is 2.38 bits per heavy atom. The van der Waals surface area contributed by atoms with Gasteiger partial charge in [-0.3, -0.25) is 19.8 Å². The van der Waals surface area contributed by atoms with Crippen molar-refractivity contribution in [1.82, 2.24) is 10.2 Å². The molecule has 0 aromatic heterocycles. The summed E-state index contributed by atoms with van der Waals surface area (Å²) in [6.45, 7) is 9.73. The molecule has 1 aliphatic heterocycles.